The summed E-state index contributed by atoms with van der Waals surface area (Å²) in [5, 5.41) is 15.0. The van der Waals surface area contributed by atoms with E-state index in [0.29, 0.717) is 31.5 Å². The largest absolute Gasteiger partial charge is 0.490 e. The van der Waals surface area contributed by atoms with Crippen LogP contribution in [0.25, 0.3) is 11.1 Å². The van der Waals surface area contributed by atoms with Gasteiger partial charge in [0.15, 0.2) is 0 Å². The number of ether oxygens (including phenoxy) is 2. The van der Waals surface area contributed by atoms with E-state index in [1.165, 1.54) is 11.1 Å². The van der Waals surface area contributed by atoms with Gasteiger partial charge in [-0.05, 0) is 91.5 Å². The molecule has 1 aromatic heterocycles. The number of carbonyl (C=O) groups excluding carboxylic acids is 1. The molecule has 1 fully saturated rings. The number of rotatable bonds is 8. The third-order valence-electron chi connectivity index (χ3n) is 8.35. The number of carbonyl (C=O) groups is 1. The normalized spacial score (nSPS) is 17.5. The molecule has 0 bridgehead atoms. The van der Waals surface area contributed by atoms with Gasteiger partial charge in [0, 0.05) is 18.3 Å². The van der Waals surface area contributed by atoms with Crippen LogP contribution in [0, 0.1) is 19.8 Å². The molecule has 0 radical (unpaired) electrons. The first-order chi connectivity index (χ1) is 19.7. The average molecular weight is 552 g/mol. The zero-order valence-electron chi connectivity index (χ0n) is 24.1. The van der Waals surface area contributed by atoms with Crippen molar-refractivity contribution in [2.75, 3.05) is 24.7 Å². The zero-order valence-corrected chi connectivity index (χ0v) is 24.1. The van der Waals surface area contributed by atoms with E-state index in [-0.39, 0.29) is 12.7 Å². The maximum atomic E-state index is 13.2. The Morgan fingerprint density at radius 3 is 2.71 bits per heavy atom. The lowest BCUT2D eigenvalue weighted by Gasteiger charge is -2.29. The molecular weight excluding hydrogens is 514 g/mol. The highest BCUT2D eigenvalue weighted by Gasteiger charge is 2.48. The summed E-state index contributed by atoms with van der Waals surface area (Å²) in [7, 11) is 0. The molecule has 0 spiro atoms. The van der Waals surface area contributed by atoms with E-state index in [9.17, 15) is 9.90 Å². The van der Waals surface area contributed by atoms with Crippen LogP contribution in [-0.2, 0) is 16.9 Å². The molecule has 6 rings (SSSR count). The van der Waals surface area contributed by atoms with Crippen molar-refractivity contribution in [3.8, 4) is 16.9 Å². The first-order valence-electron chi connectivity index (χ1n) is 14.3. The van der Waals surface area contributed by atoms with Gasteiger partial charge in [0.2, 0.25) is 0 Å². The summed E-state index contributed by atoms with van der Waals surface area (Å²) in [6.07, 6.45) is 4.70. The van der Waals surface area contributed by atoms with Gasteiger partial charge in [0.1, 0.15) is 19.0 Å². The Hall–Kier alpha value is -4.10. The molecule has 3 aromatic carbocycles. The predicted octanol–water partition coefficient (Wildman–Crippen LogP) is 6.58. The van der Waals surface area contributed by atoms with Crippen LogP contribution in [0.15, 0.2) is 73.1 Å². The molecule has 1 amide bonds. The molecule has 7 heteroatoms. The lowest BCUT2D eigenvalue weighted by Crippen LogP contribution is -2.37. The highest BCUT2D eigenvalue weighted by atomic mass is 16.6. The van der Waals surface area contributed by atoms with Crippen LogP contribution in [0.5, 0.6) is 5.75 Å². The lowest BCUT2D eigenvalue weighted by atomic mass is 9.93. The minimum Gasteiger partial charge on any atom is -0.490 e. The Bertz CT molecular complexity index is 1590. The number of aromatic nitrogens is 2. The number of benzene rings is 3. The van der Waals surface area contributed by atoms with Crippen molar-refractivity contribution in [2.45, 2.75) is 52.2 Å². The highest BCUT2D eigenvalue weighted by Crippen LogP contribution is 2.57. The van der Waals surface area contributed by atoms with Crippen LogP contribution >= 0.6 is 0 Å². The number of hydrogen-bond acceptors (Lipinski definition) is 5. The van der Waals surface area contributed by atoms with Crippen LogP contribution in [0.1, 0.15) is 54.0 Å². The quantitative estimate of drug-likeness (QED) is 0.250. The predicted molar refractivity (Wildman–Crippen MR) is 159 cm³/mol. The number of aryl methyl sites for hydroxylation is 1. The van der Waals surface area contributed by atoms with Gasteiger partial charge in [-0.15, -0.1) is 0 Å². The zero-order chi connectivity index (χ0) is 28.7. The monoisotopic (exact) mass is 551 g/mol. The van der Waals surface area contributed by atoms with Crippen LogP contribution in [0.2, 0.25) is 0 Å². The van der Waals surface area contributed by atoms with Crippen LogP contribution in [-0.4, -0.2) is 40.7 Å². The second kappa shape index (κ2) is 10.7. The van der Waals surface area contributed by atoms with Gasteiger partial charge in [0.25, 0.3) is 0 Å². The molecule has 2 aliphatic rings. The van der Waals surface area contributed by atoms with Crippen LogP contribution in [0.3, 0.4) is 0 Å². The van der Waals surface area contributed by atoms with E-state index in [0.717, 1.165) is 45.7 Å². The van der Waals surface area contributed by atoms with Crippen molar-refractivity contribution in [2.24, 2.45) is 5.92 Å². The lowest BCUT2D eigenvalue weighted by molar-refractivity contribution is 0.0785. The number of anilines is 1. The fourth-order valence-electron chi connectivity index (χ4n) is 5.80. The summed E-state index contributed by atoms with van der Waals surface area (Å²) in [6, 6.07) is 20.1. The Kier molecular flexibility index (Phi) is 7.08. The molecule has 4 aromatic rings. The maximum Gasteiger partial charge on any atom is 0.414 e. The standard InChI is InChI=1S/C34H37N3O4/c1-22-8-5-13-31(23(22)2)40-14-15-41-33(38)37-21-25-17-29(25)32-28(11-7-12-30(32)37)26-18-35-36(20-26)19-24-9-6-10-27(16-24)34(3,4)39/h5-13,16,18,20,25,29,39H,14-15,17,19,21H2,1-4H3/t25-,29-/m0/s1. The molecular formula is C34H37N3O4. The van der Waals surface area contributed by atoms with Crippen molar-refractivity contribution in [3.63, 3.8) is 0 Å². The molecule has 41 heavy (non-hydrogen) atoms. The summed E-state index contributed by atoms with van der Waals surface area (Å²) in [5.41, 5.74) is 7.60. The van der Waals surface area contributed by atoms with E-state index >= 15 is 0 Å². The third-order valence-corrected chi connectivity index (χ3v) is 8.35. The Morgan fingerprint density at radius 1 is 1.07 bits per heavy atom. The summed E-state index contributed by atoms with van der Waals surface area (Å²) in [6.45, 7) is 9.44. The molecule has 2 heterocycles. The first kappa shape index (κ1) is 27.1. The van der Waals surface area contributed by atoms with Gasteiger partial charge in [0.05, 0.1) is 24.0 Å². The molecule has 1 aliphatic heterocycles. The van der Waals surface area contributed by atoms with E-state index in [2.05, 4.69) is 30.4 Å². The number of fused-ring (bicyclic) bond motifs is 3. The van der Waals surface area contributed by atoms with Crippen molar-refractivity contribution in [1.82, 2.24) is 9.78 Å². The molecule has 212 valence electrons. The van der Waals surface area contributed by atoms with Gasteiger partial charge < -0.3 is 14.6 Å². The van der Waals surface area contributed by atoms with Crippen LogP contribution < -0.4 is 9.64 Å². The fraction of sp³-hybridized carbons (Fsp3) is 0.353. The molecule has 1 aliphatic carbocycles. The van der Waals surface area contributed by atoms with Gasteiger partial charge >= 0.3 is 6.09 Å². The van der Waals surface area contributed by atoms with Gasteiger partial charge in [-0.25, -0.2) is 4.79 Å². The Balaban J connectivity index is 1.16. The third kappa shape index (κ3) is 5.59. The summed E-state index contributed by atoms with van der Waals surface area (Å²) >= 11 is 0. The minimum atomic E-state index is -0.894. The molecule has 1 saturated carbocycles. The minimum absolute atomic E-state index is 0.188. The topological polar surface area (TPSA) is 76.8 Å². The Morgan fingerprint density at radius 2 is 1.88 bits per heavy atom. The van der Waals surface area contributed by atoms with Crippen molar-refractivity contribution < 1.29 is 19.4 Å². The van der Waals surface area contributed by atoms with Gasteiger partial charge in [-0.2, -0.15) is 5.10 Å². The number of aliphatic hydroxyl groups is 1. The smallest absolute Gasteiger partial charge is 0.414 e. The molecule has 2 atom stereocenters. The first-order valence-corrected chi connectivity index (χ1v) is 14.3. The summed E-state index contributed by atoms with van der Waals surface area (Å²) in [5.74, 6) is 1.71. The summed E-state index contributed by atoms with van der Waals surface area (Å²) < 4.78 is 13.5. The number of amides is 1. The van der Waals surface area contributed by atoms with Gasteiger partial charge in [-0.1, -0.05) is 48.5 Å². The molecule has 0 unspecified atom stereocenters. The highest BCUT2D eigenvalue weighted by molar-refractivity contribution is 5.92. The van der Waals surface area contributed by atoms with Crippen molar-refractivity contribution in [3.05, 3.63) is 101 Å². The van der Waals surface area contributed by atoms with Crippen molar-refractivity contribution in [1.29, 1.82) is 0 Å². The summed E-state index contributed by atoms with van der Waals surface area (Å²) in [4.78, 5) is 15.0. The fourth-order valence-corrected chi connectivity index (χ4v) is 5.80. The second-order valence-corrected chi connectivity index (χ2v) is 11.8. The van der Waals surface area contributed by atoms with E-state index < -0.39 is 5.60 Å². The Labute approximate surface area is 241 Å². The van der Waals surface area contributed by atoms with E-state index in [1.807, 2.05) is 66.3 Å². The molecule has 7 nitrogen and oxygen atoms in total. The maximum absolute atomic E-state index is 13.2. The average Bonchev–Trinajstić information content (AvgIpc) is 3.60. The van der Waals surface area contributed by atoms with Crippen molar-refractivity contribution >= 4 is 11.8 Å². The SMILES string of the molecule is Cc1cccc(OCCOC(=O)N2C[C@@H]3C[C@@H]3c3c(-c4cnn(Cc5cccc(C(C)(C)O)c5)c4)cccc32)c1C. The number of nitrogens with zero attached hydrogens (tertiary/aromatic N) is 3. The van der Waals surface area contributed by atoms with Crippen LogP contribution in [0.4, 0.5) is 10.5 Å². The molecule has 0 saturated heterocycles. The second-order valence-electron chi connectivity index (χ2n) is 11.8. The van der Waals surface area contributed by atoms with Gasteiger partial charge in [-0.3, -0.25) is 9.58 Å². The molecule has 1 N–H and O–H groups in total. The van der Waals surface area contributed by atoms with E-state index in [1.54, 1.807) is 18.7 Å². The number of hydrogen-bond donors (Lipinski definition) is 1. The van der Waals surface area contributed by atoms with E-state index in [4.69, 9.17) is 9.47 Å².